The summed E-state index contributed by atoms with van der Waals surface area (Å²) < 4.78 is 5.33. The normalized spacial score (nSPS) is 19.1. The number of aromatic nitrogens is 1. The first-order valence-electron chi connectivity index (χ1n) is 11.1. The highest BCUT2D eigenvalue weighted by molar-refractivity contribution is 5.94. The number of carbonyl (C=O) groups excluding carboxylic acids is 1. The van der Waals surface area contributed by atoms with Gasteiger partial charge in [-0.2, -0.15) is 0 Å². The third-order valence-corrected chi connectivity index (χ3v) is 6.18. The number of rotatable bonds is 6. The minimum atomic E-state index is 0.102. The lowest BCUT2D eigenvalue weighted by Gasteiger charge is -2.33. The zero-order valence-corrected chi connectivity index (χ0v) is 17.2. The van der Waals surface area contributed by atoms with E-state index in [9.17, 15) is 4.79 Å². The number of amides is 1. The number of furan rings is 1. The molecule has 0 radical (unpaired) electrons. The minimum absolute atomic E-state index is 0.102. The number of anilines is 1. The largest absolute Gasteiger partial charge is 0.469 e. The average Bonchev–Trinajstić information content (AvgIpc) is 3.16. The first-order chi connectivity index (χ1) is 14.3. The van der Waals surface area contributed by atoms with E-state index in [0.29, 0.717) is 5.56 Å². The molecule has 29 heavy (non-hydrogen) atoms. The topological polar surface area (TPSA) is 61.6 Å². The quantitative estimate of drug-likeness (QED) is 0.804. The summed E-state index contributed by atoms with van der Waals surface area (Å²) in [6.45, 7) is 4.52. The molecule has 1 aliphatic heterocycles. The third kappa shape index (κ3) is 5.38. The van der Waals surface area contributed by atoms with Crippen LogP contribution in [0.5, 0.6) is 0 Å². The van der Waals surface area contributed by atoms with Crippen molar-refractivity contribution < 1.29 is 9.21 Å². The van der Waals surface area contributed by atoms with E-state index < -0.39 is 0 Å². The maximum atomic E-state index is 13.0. The van der Waals surface area contributed by atoms with Crippen LogP contribution in [0.15, 0.2) is 41.1 Å². The van der Waals surface area contributed by atoms with Gasteiger partial charge in [-0.15, -0.1) is 0 Å². The van der Waals surface area contributed by atoms with E-state index in [-0.39, 0.29) is 5.91 Å². The molecule has 0 aromatic carbocycles. The molecule has 1 saturated carbocycles. The Morgan fingerprint density at radius 1 is 1.07 bits per heavy atom. The molecule has 2 fully saturated rings. The van der Waals surface area contributed by atoms with Crippen molar-refractivity contribution in [3.63, 3.8) is 0 Å². The number of nitrogens with zero attached hydrogens (tertiary/aromatic N) is 3. The zero-order valence-electron chi connectivity index (χ0n) is 17.2. The summed E-state index contributed by atoms with van der Waals surface area (Å²) in [6.07, 6.45) is 12.0. The van der Waals surface area contributed by atoms with Crippen LogP contribution in [0.25, 0.3) is 0 Å². The van der Waals surface area contributed by atoms with E-state index in [0.717, 1.165) is 63.2 Å². The van der Waals surface area contributed by atoms with Crippen LogP contribution in [0.4, 0.5) is 5.82 Å². The Morgan fingerprint density at radius 3 is 2.72 bits per heavy atom. The summed E-state index contributed by atoms with van der Waals surface area (Å²) >= 11 is 0. The van der Waals surface area contributed by atoms with Gasteiger partial charge in [0, 0.05) is 51.4 Å². The van der Waals surface area contributed by atoms with Gasteiger partial charge in [0.25, 0.3) is 5.91 Å². The predicted octanol–water partition coefficient (Wildman–Crippen LogP) is 3.81. The van der Waals surface area contributed by atoms with E-state index in [4.69, 9.17) is 4.42 Å². The summed E-state index contributed by atoms with van der Waals surface area (Å²) in [5.41, 5.74) is 0.674. The molecule has 0 spiro atoms. The van der Waals surface area contributed by atoms with Gasteiger partial charge in [0.15, 0.2) is 0 Å². The van der Waals surface area contributed by atoms with Crippen molar-refractivity contribution in [2.24, 2.45) is 0 Å². The molecular weight excluding hydrogens is 364 g/mol. The highest BCUT2D eigenvalue weighted by Crippen LogP contribution is 2.23. The lowest BCUT2D eigenvalue weighted by molar-refractivity contribution is 0.0754. The van der Waals surface area contributed by atoms with Crippen LogP contribution in [0.2, 0.25) is 0 Å². The molecule has 0 bridgehead atoms. The summed E-state index contributed by atoms with van der Waals surface area (Å²) in [5.74, 6) is 1.84. The fraction of sp³-hybridized carbons (Fsp3) is 0.565. The fourth-order valence-corrected chi connectivity index (χ4v) is 4.53. The second kappa shape index (κ2) is 9.92. The van der Waals surface area contributed by atoms with Gasteiger partial charge < -0.3 is 14.6 Å². The third-order valence-electron chi connectivity index (χ3n) is 6.18. The summed E-state index contributed by atoms with van der Waals surface area (Å²) in [4.78, 5) is 22.0. The first-order valence-corrected chi connectivity index (χ1v) is 11.1. The van der Waals surface area contributed by atoms with Crippen molar-refractivity contribution in [3.8, 4) is 0 Å². The Bertz CT molecular complexity index is 754. The summed E-state index contributed by atoms with van der Waals surface area (Å²) in [6, 6.07) is 8.36. The number of carbonyl (C=O) groups is 1. The van der Waals surface area contributed by atoms with Crippen molar-refractivity contribution in [1.29, 1.82) is 0 Å². The minimum Gasteiger partial charge on any atom is -0.469 e. The zero-order chi connectivity index (χ0) is 19.9. The van der Waals surface area contributed by atoms with Crippen LogP contribution in [-0.4, -0.2) is 59.5 Å². The second-order valence-electron chi connectivity index (χ2n) is 8.16. The number of hydrogen-bond acceptors (Lipinski definition) is 5. The van der Waals surface area contributed by atoms with E-state index in [2.05, 4.69) is 15.2 Å². The Labute approximate surface area is 173 Å². The molecule has 4 rings (SSSR count). The first kappa shape index (κ1) is 20.0. The molecule has 3 heterocycles. The van der Waals surface area contributed by atoms with Crippen LogP contribution in [0, 0.1) is 0 Å². The van der Waals surface area contributed by atoms with E-state index in [1.54, 1.807) is 12.5 Å². The number of hydrogen-bond donors (Lipinski definition) is 1. The van der Waals surface area contributed by atoms with E-state index in [1.165, 1.54) is 32.1 Å². The Morgan fingerprint density at radius 2 is 1.97 bits per heavy atom. The molecule has 1 aliphatic carbocycles. The lowest BCUT2D eigenvalue weighted by atomic mass is 9.94. The molecule has 156 valence electrons. The summed E-state index contributed by atoms with van der Waals surface area (Å²) in [5, 5.41) is 3.28. The van der Waals surface area contributed by atoms with Gasteiger partial charge >= 0.3 is 0 Å². The number of pyridine rings is 1. The Kier molecular flexibility index (Phi) is 6.83. The van der Waals surface area contributed by atoms with Gasteiger partial charge in [-0.05, 0) is 43.5 Å². The van der Waals surface area contributed by atoms with Crippen LogP contribution in [0.3, 0.4) is 0 Å². The van der Waals surface area contributed by atoms with Crippen LogP contribution < -0.4 is 5.32 Å². The van der Waals surface area contributed by atoms with Crippen molar-refractivity contribution in [3.05, 3.63) is 48.0 Å². The molecule has 0 atom stereocenters. The van der Waals surface area contributed by atoms with Crippen LogP contribution in [0.1, 0.15) is 54.6 Å². The predicted molar refractivity (Wildman–Crippen MR) is 114 cm³/mol. The van der Waals surface area contributed by atoms with Gasteiger partial charge in [-0.1, -0.05) is 19.3 Å². The lowest BCUT2D eigenvalue weighted by Crippen LogP contribution is -2.40. The van der Waals surface area contributed by atoms with E-state index in [1.807, 2.05) is 29.2 Å². The van der Waals surface area contributed by atoms with Gasteiger partial charge in [-0.3, -0.25) is 9.69 Å². The van der Waals surface area contributed by atoms with E-state index >= 15 is 0 Å². The smallest absolute Gasteiger partial charge is 0.255 e. The molecule has 1 amide bonds. The maximum absolute atomic E-state index is 13.0. The molecule has 2 aromatic heterocycles. The SMILES string of the molecule is O=C(c1ccc(NCCc2ccco2)nc1)N1CCCN(C2CCCCC2)CC1. The molecule has 0 unspecified atom stereocenters. The molecule has 6 nitrogen and oxygen atoms in total. The highest BCUT2D eigenvalue weighted by Gasteiger charge is 2.25. The average molecular weight is 397 g/mol. The van der Waals surface area contributed by atoms with Gasteiger partial charge in [-0.25, -0.2) is 4.98 Å². The molecule has 6 heteroatoms. The number of nitrogens with one attached hydrogen (secondary N) is 1. The van der Waals surface area contributed by atoms with Crippen molar-refractivity contribution >= 4 is 11.7 Å². The van der Waals surface area contributed by atoms with Gasteiger partial charge in [0.1, 0.15) is 11.6 Å². The standard InChI is InChI=1S/C23H32N4O2/c28-23(27-14-5-13-26(15-16-27)20-6-2-1-3-7-20)19-9-10-22(25-18-19)24-12-11-21-8-4-17-29-21/h4,8-10,17-18,20H,1-3,5-7,11-16H2,(H,24,25). The molecule has 2 aromatic rings. The summed E-state index contributed by atoms with van der Waals surface area (Å²) in [7, 11) is 0. The van der Waals surface area contributed by atoms with Gasteiger partial charge in [0.2, 0.25) is 0 Å². The Balaban J connectivity index is 1.27. The van der Waals surface area contributed by atoms with Crippen molar-refractivity contribution in [1.82, 2.24) is 14.8 Å². The molecular formula is C23H32N4O2. The van der Waals surface area contributed by atoms with Crippen LogP contribution in [-0.2, 0) is 6.42 Å². The van der Waals surface area contributed by atoms with Crippen molar-refractivity contribution in [2.45, 2.75) is 51.0 Å². The highest BCUT2D eigenvalue weighted by atomic mass is 16.3. The Hall–Kier alpha value is -2.34. The molecule has 2 aliphatic rings. The monoisotopic (exact) mass is 396 g/mol. The van der Waals surface area contributed by atoms with Crippen molar-refractivity contribution in [2.75, 3.05) is 38.0 Å². The second-order valence-corrected chi connectivity index (χ2v) is 8.16. The fourth-order valence-electron chi connectivity index (χ4n) is 4.53. The molecule has 1 saturated heterocycles. The molecule has 1 N–H and O–H groups in total. The maximum Gasteiger partial charge on any atom is 0.255 e. The van der Waals surface area contributed by atoms with Gasteiger partial charge in [0.05, 0.1) is 11.8 Å². The van der Waals surface area contributed by atoms with Crippen LogP contribution >= 0.6 is 0 Å².